The van der Waals surface area contributed by atoms with E-state index in [9.17, 15) is 4.39 Å². The highest BCUT2D eigenvalue weighted by Crippen LogP contribution is 2.30. The second-order valence-electron chi connectivity index (χ2n) is 5.79. The molecular weight excluding hydrogens is 329 g/mol. The first-order valence-corrected chi connectivity index (χ1v) is 8.15. The Balaban J connectivity index is 1.78. The summed E-state index contributed by atoms with van der Waals surface area (Å²) in [6, 6.07) is 20.5. The maximum atomic E-state index is 14.1. The van der Waals surface area contributed by atoms with Gasteiger partial charge in [0.1, 0.15) is 12.1 Å². The van der Waals surface area contributed by atoms with E-state index in [2.05, 4.69) is 15.3 Å². The van der Waals surface area contributed by atoms with Crippen LogP contribution in [0.5, 0.6) is 5.75 Å². The van der Waals surface area contributed by atoms with Gasteiger partial charge < -0.3 is 10.1 Å². The van der Waals surface area contributed by atoms with Crippen molar-refractivity contribution < 1.29 is 9.13 Å². The number of para-hydroxylation sites is 1. The van der Waals surface area contributed by atoms with Crippen LogP contribution in [0.2, 0.25) is 0 Å². The summed E-state index contributed by atoms with van der Waals surface area (Å²) in [5, 5.41) is 4.18. The molecule has 3 aromatic carbocycles. The van der Waals surface area contributed by atoms with Crippen molar-refractivity contribution in [2.75, 3.05) is 12.4 Å². The molecule has 0 spiro atoms. The first-order chi connectivity index (χ1) is 12.7. The Kier molecular flexibility index (Phi) is 4.19. The number of nitrogens with zero attached hydrogens (tertiary/aromatic N) is 2. The van der Waals surface area contributed by atoms with E-state index >= 15 is 0 Å². The molecule has 0 aliphatic carbocycles. The zero-order valence-electron chi connectivity index (χ0n) is 14.1. The molecule has 0 bridgehead atoms. The standard InChI is InChI=1S/C21H16FN3O/c1-26-20-10-8-15(12-18(20)22)14-7-9-19-17(11-14)21(24-13-23-19)25-16-5-3-2-4-6-16/h2-13H,1H3,(H,23,24,25). The number of halogens is 1. The lowest BCUT2D eigenvalue weighted by molar-refractivity contribution is 0.386. The van der Waals surface area contributed by atoms with E-state index in [1.807, 2.05) is 54.6 Å². The number of ether oxygens (including phenoxy) is 1. The molecule has 0 aliphatic heterocycles. The molecule has 4 nitrogen and oxygen atoms in total. The van der Waals surface area contributed by atoms with Crippen molar-refractivity contribution in [1.82, 2.24) is 9.97 Å². The summed E-state index contributed by atoms with van der Waals surface area (Å²) in [5.41, 5.74) is 3.40. The van der Waals surface area contributed by atoms with Gasteiger partial charge in [-0.05, 0) is 47.5 Å². The van der Waals surface area contributed by atoms with E-state index in [0.29, 0.717) is 5.82 Å². The molecule has 5 heteroatoms. The summed E-state index contributed by atoms with van der Waals surface area (Å²) in [4.78, 5) is 8.68. The topological polar surface area (TPSA) is 47.0 Å². The maximum Gasteiger partial charge on any atom is 0.165 e. The fraction of sp³-hybridized carbons (Fsp3) is 0.0476. The maximum absolute atomic E-state index is 14.1. The molecule has 0 atom stereocenters. The molecule has 0 aliphatic rings. The molecule has 0 saturated heterocycles. The van der Waals surface area contributed by atoms with Gasteiger partial charge in [-0.3, -0.25) is 0 Å². The summed E-state index contributed by atoms with van der Waals surface area (Å²) in [5.74, 6) is 0.540. The van der Waals surface area contributed by atoms with Crippen LogP contribution in [0, 0.1) is 5.82 Å². The highest BCUT2D eigenvalue weighted by atomic mass is 19.1. The molecule has 1 heterocycles. The number of hydrogen-bond donors (Lipinski definition) is 1. The normalized spacial score (nSPS) is 10.7. The Morgan fingerprint density at radius 2 is 1.65 bits per heavy atom. The largest absolute Gasteiger partial charge is 0.494 e. The Labute approximate surface area is 150 Å². The summed E-state index contributed by atoms with van der Waals surface area (Å²) < 4.78 is 19.0. The van der Waals surface area contributed by atoms with Crippen molar-refractivity contribution in [2.24, 2.45) is 0 Å². The van der Waals surface area contributed by atoms with Crippen LogP contribution in [0.15, 0.2) is 73.1 Å². The lowest BCUT2D eigenvalue weighted by Gasteiger charge is -2.10. The second-order valence-corrected chi connectivity index (χ2v) is 5.79. The van der Waals surface area contributed by atoms with Gasteiger partial charge in [0, 0.05) is 11.1 Å². The summed E-state index contributed by atoms with van der Waals surface area (Å²) in [7, 11) is 1.45. The lowest BCUT2D eigenvalue weighted by atomic mass is 10.0. The third-order valence-electron chi connectivity index (χ3n) is 4.16. The highest BCUT2D eigenvalue weighted by molar-refractivity contribution is 5.93. The molecule has 0 amide bonds. The van der Waals surface area contributed by atoms with Crippen LogP contribution in [-0.2, 0) is 0 Å². The molecule has 0 radical (unpaired) electrons. The fourth-order valence-electron chi connectivity index (χ4n) is 2.84. The number of anilines is 2. The number of hydrogen-bond acceptors (Lipinski definition) is 4. The van der Waals surface area contributed by atoms with Gasteiger partial charge in [0.15, 0.2) is 11.6 Å². The van der Waals surface area contributed by atoms with E-state index in [4.69, 9.17) is 4.74 Å². The molecule has 0 fully saturated rings. The van der Waals surface area contributed by atoms with Crippen LogP contribution in [-0.4, -0.2) is 17.1 Å². The van der Waals surface area contributed by atoms with E-state index in [0.717, 1.165) is 27.7 Å². The third-order valence-corrected chi connectivity index (χ3v) is 4.16. The third kappa shape index (κ3) is 3.07. The minimum absolute atomic E-state index is 0.226. The van der Waals surface area contributed by atoms with Crippen LogP contribution in [0.4, 0.5) is 15.9 Å². The molecule has 26 heavy (non-hydrogen) atoms. The number of aromatic nitrogens is 2. The van der Waals surface area contributed by atoms with Gasteiger partial charge in [-0.2, -0.15) is 0 Å². The van der Waals surface area contributed by atoms with E-state index < -0.39 is 5.82 Å². The zero-order chi connectivity index (χ0) is 17.9. The van der Waals surface area contributed by atoms with Crippen LogP contribution in [0.1, 0.15) is 0 Å². The average Bonchev–Trinajstić information content (AvgIpc) is 2.69. The summed E-state index contributed by atoms with van der Waals surface area (Å²) >= 11 is 0. The van der Waals surface area contributed by atoms with Crippen LogP contribution >= 0.6 is 0 Å². The SMILES string of the molecule is COc1ccc(-c2ccc3ncnc(Nc4ccccc4)c3c2)cc1F. The second kappa shape index (κ2) is 6.80. The van der Waals surface area contributed by atoms with Crippen molar-refractivity contribution in [1.29, 1.82) is 0 Å². The van der Waals surface area contributed by atoms with Gasteiger partial charge in [-0.15, -0.1) is 0 Å². The molecule has 1 aromatic heterocycles. The molecule has 0 saturated carbocycles. The molecule has 4 rings (SSSR count). The number of rotatable bonds is 4. The number of methoxy groups -OCH3 is 1. The van der Waals surface area contributed by atoms with E-state index in [1.165, 1.54) is 19.5 Å². The molecule has 128 valence electrons. The first-order valence-electron chi connectivity index (χ1n) is 8.15. The van der Waals surface area contributed by atoms with Gasteiger partial charge in [0.2, 0.25) is 0 Å². The summed E-state index contributed by atoms with van der Waals surface area (Å²) in [6.45, 7) is 0. The lowest BCUT2D eigenvalue weighted by Crippen LogP contribution is -1.96. The van der Waals surface area contributed by atoms with Gasteiger partial charge in [-0.25, -0.2) is 14.4 Å². The Bertz CT molecular complexity index is 1070. The average molecular weight is 345 g/mol. The minimum atomic E-state index is -0.392. The van der Waals surface area contributed by atoms with E-state index in [1.54, 1.807) is 6.07 Å². The van der Waals surface area contributed by atoms with Crippen molar-refractivity contribution in [3.8, 4) is 16.9 Å². The monoisotopic (exact) mass is 345 g/mol. The summed E-state index contributed by atoms with van der Waals surface area (Å²) in [6.07, 6.45) is 1.53. The molecular formula is C21H16FN3O. The van der Waals surface area contributed by atoms with Crippen LogP contribution in [0.25, 0.3) is 22.0 Å². The van der Waals surface area contributed by atoms with Gasteiger partial charge in [-0.1, -0.05) is 30.3 Å². The number of benzene rings is 3. The van der Waals surface area contributed by atoms with E-state index in [-0.39, 0.29) is 5.75 Å². The predicted octanol–water partition coefficient (Wildman–Crippen LogP) is 5.19. The van der Waals surface area contributed by atoms with Crippen LogP contribution in [0.3, 0.4) is 0 Å². The fourth-order valence-corrected chi connectivity index (χ4v) is 2.84. The van der Waals surface area contributed by atoms with Crippen molar-refractivity contribution in [3.05, 3.63) is 78.9 Å². The molecule has 1 N–H and O–H groups in total. The minimum Gasteiger partial charge on any atom is -0.494 e. The molecule has 4 aromatic rings. The van der Waals surface area contributed by atoms with Crippen molar-refractivity contribution in [3.63, 3.8) is 0 Å². The Morgan fingerprint density at radius 1 is 0.885 bits per heavy atom. The van der Waals surface area contributed by atoms with Gasteiger partial charge in [0.25, 0.3) is 0 Å². The Hall–Kier alpha value is -3.47. The van der Waals surface area contributed by atoms with Gasteiger partial charge >= 0.3 is 0 Å². The number of fused-ring (bicyclic) bond motifs is 1. The Morgan fingerprint density at radius 3 is 2.42 bits per heavy atom. The molecule has 0 unspecified atom stereocenters. The highest BCUT2D eigenvalue weighted by Gasteiger charge is 2.09. The zero-order valence-corrected chi connectivity index (χ0v) is 14.1. The smallest absolute Gasteiger partial charge is 0.165 e. The van der Waals surface area contributed by atoms with Crippen LogP contribution < -0.4 is 10.1 Å². The van der Waals surface area contributed by atoms with Crippen molar-refractivity contribution in [2.45, 2.75) is 0 Å². The number of nitrogens with one attached hydrogen (secondary N) is 1. The van der Waals surface area contributed by atoms with Crippen molar-refractivity contribution >= 4 is 22.4 Å². The quantitative estimate of drug-likeness (QED) is 0.553. The van der Waals surface area contributed by atoms with Gasteiger partial charge in [0.05, 0.1) is 12.6 Å². The first kappa shape index (κ1) is 16.0. The predicted molar refractivity (Wildman–Crippen MR) is 101 cm³/mol.